The normalized spacial score (nSPS) is 24.3. The Morgan fingerprint density at radius 1 is 1.50 bits per heavy atom. The molecule has 7 heteroatoms. The van der Waals surface area contributed by atoms with Crippen molar-refractivity contribution in [2.75, 3.05) is 13.6 Å². The first-order chi connectivity index (χ1) is 8.30. The predicted octanol–water partition coefficient (Wildman–Crippen LogP) is 3.61. The van der Waals surface area contributed by atoms with Gasteiger partial charge in [-0.15, -0.1) is 11.3 Å². The van der Waals surface area contributed by atoms with E-state index in [2.05, 4.69) is 31.9 Å². The largest absolute Gasteiger partial charge is 0.252 e. The molecule has 3 nitrogen and oxygen atoms in total. The molecule has 0 bridgehead atoms. The van der Waals surface area contributed by atoms with Crippen LogP contribution < -0.4 is 0 Å². The van der Waals surface area contributed by atoms with Crippen molar-refractivity contribution in [3.05, 3.63) is 15.4 Å². The molecule has 0 aliphatic heterocycles. The van der Waals surface area contributed by atoms with Gasteiger partial charge >= 0.3 is 0 Å². The van der Waals surface area contributed by atoms with E-state index in [0.29, 0.717) is 21.5 Å². The van der Waals surface area contributed by atoms with Crippen LogP contribution >= 0.6 is 43.2 Å². The Kier molecular flexibility index (Phi) is 4.59. The van der Waals surface area contributed by atoms with Crippen LogP contribution in [0.4, 0.5) is 0 Å². The van der Waals surface area contributed by atoms with E-state index in [4.69, 9.17) is 0 Å². The van der Waals surface area contributed by atoms with Crippen molar-refractivity contribution in [2.45, 2.75) is 28.8 Å². The van der Waals surface area contributed by atoms with Crippen LogP contribution in [0.1, 0.15) is 18.4 Å². The molecule has 0 N–H and O–H groups in total. The van der Waals surface area contributed by atoms with Gasteiger partial charge in [-0.25, -0.2) is 8.42 Å². The molecule has 1 aliphatic carbocycles. The molecule has 1 fully saturated rings. The third kappa shape index (κ3) is 3.00. The molecular weight excluding hydrogens is 402 g/mol. The number of thiophene rings is 1. The first-order valence-corrected chi connectivity index (χ1v) is 9.63. The van der Waals surface area contributed by atoms with Crippen molar-refractivity contribution in [2.24, 2.45) is 5.92 Å². The zero-order chi connectivity index (χ0) is 13.5. The Morgan fingerprint density at radius 3 is 2.56 bits per heavy atom. The lowest BCUT2D eigenvalue weighted by Crippen LogP contribution is -2.37. The van der Waals surface area contributed by atoms with Crippen molar-refractivity contribution in [1.29, 1.82) is 0 Å². The maximum Gasteiger partial charge on any atom is 0.252 e. The number of sulfonamides is 1. The van der Waals surface area contributed by atoms with Crippen LogP contribution in [0.25, 0.3) is 0 Å². The third-order valence-corrected chi connectivity index (χ3v) is 8.35. The summed E-state index contributed by atoms with van der Waals surface area (Å²) in [4.78, 5) is 0.566. The molecule has 0 amide bonds. The van der Waals surface area contributed by atoms with Crippen molar-refractivity contribution < 1.29 is 8.42 Å². The summed E-state index contributed by atoms with van der Waals surface area (Å²) in [5.41, 5.74) is 0.969. The first-order valence-electron chi connectivity index (χ1n) is 5.67. The van der Waals surface area contributed by atoms with Gasteiger partial charge in [-0.3, -0.25) is 0 Å². The van der Waals surface area contributed by atoms with Gasteiger partial charge in [0.2, 0.25) is 0 Å². The monoisotopic (exact) mass is 415 g/mol. The third-order valence-electron chi connectivity index (χ3n) is 3.19. The Balaban J connectivity index is 2.10. The Bertz CT molecular complexity index is 516. The smallest absolute Gasteiger partial charge is 0.206 e. The fourth-order valence-corrected chi connectivity index (χ4v) is 6.72. The minimum absolute atomic E-state index is 0.420. The molecule has 0 spiro atoms. The number of alkyl halides is 1. The number of halogens is 2. The van der Waals surface area contributed by atoms with Gasteiger partial charge in [0.05, 0.1) is 3.79 Å². The van der Waals surface area contributed by atoms with Crippen LogP contribution in [0, 0.1) is 12.8 Å². The zero-order valence-corrected chi connectivity index (χ0v) is 15.0. The number of aryl methyl sites for hydroxylation is 1. The highest BCUT2D eigenvalue weighted by molar-refractivity contribution is 9.11. The van der Waals surface area contributed by atoms with E-state index < -0.39 is 10.0 Å². The van der Waals surface area contributed by atoms with Crippen molar-refractivity contribution in [3.8, 4) is 0 Å². The predicted molar refractivity (Wildman–Crippen MR) is 82.0 cm³/mol. The first kappa shape index (κ1) is 15.0. The molecule has 2 rings (SSSR count). The van der Waals surface area contributed by atoms with Crippen LogP contribution in [0.15, 0.2) is 14.1 Å². The number of nitrogens with zero attached hydrogens (tertiary/aromatic N) is 1. The number of hydrogen-bond donors (Lipinski definition) is 0. The van der Waals surface area contributed by atoms with Crippen LogP contribution in [0.2, 0.25) is 0 Å². The second-order valence-corrected chi connectivity index (χ2v) is 10.7. The molecule has 0 atom stereocenters. The minimum atomic E-state index is -3.32. The summed E-state index contributed by atoms with van der Waals surface area (Å²) in [6.07, 6.45) is 2.13. The van der Waals surface area contributed by atoms with Crippen molar-refractivity contribution >= 4 is 53.2 Å². The van der Waals surface area contributed by atoms with Crippen LogP contribution in [0.5, 0.6) is 0 Å². The average Bonchev–Trinajstić information content (AvgIpc) is 2.57. The second kappa shape index (κ2) is 5.52. The van der Waals surface area contributed by atoms with E-state index >= 15 is 0 Å². The Morgan fingerprint density at radius 2 is 2.11 bits per heavy atom. The van der Waals surface area contributed by atoms with E-state index in [1.807, 2.05) is 6.92 Å². The lowest BCUT2D eigenvalue weighted by molar-refractivity contribution is 0.275. The Hall–Kier alpha value is 0.570. The summed E-state index contributed by atoms with van der Waals surface area (Å²) >= 11 is 8.18. The van der Waals surface area contributed by atoms with E-state index in [-0.39, 0.29) is 0 Å². The Labute approximate surface area is 129 Å². The highest BCUT2D eigenvalue weighted by Crippen LogP contribution is 2.36. The summed E-state index contributed by atoms with van der Waals surface area (Å²) < 4.78 is 27.5. The molecule has 1 heterocycles. The zero-order valence-electron chi connectivity index (χ0n) is 10.2. The lowest BCUT2D eigenvalue weighted by Gasteiger charge is -2.33. The molecule has 0 unspecified atom stereocenters. The topological polar surface area (TPSA) is 37.4 Å². The highest BCUT2D eigenvalue weighted by Gasteiger charge is 2.32. The molecule has 102 valence electrons. The average molecular weight is 417 g/mol. The summed E-state index contributed by atoms with van der Waals surface area (Å²) in [7, 11) is -1.66. The molecule has 1 aromatic heterocycles. The van der Waals surface area contributed by atoms with Gasteiger partial charge in [-0.05, 0) is 53.2 Å². The van der Waals surface area contributed by atoms with Gasteiger partial charge in [0, 0.05) is 18.4 Å². The molecule has 0 aromatic carbocycles. The van der Waals surface area contributed by atoms with Gasteiger partial charge in [0.25, 0.3) is 10.0 Å². The van der Waals surface area contributed by atoms with E-state index in [9.17, 15) is 8.42 Å². The van der Waals surface area contributed by atoms with Gasteiger partial charge in [-0.1, -0.05) is 15.9 Å². The summed E-state index contributed by atoms with van der Waals surface area (Å²) in [6.45, 7) is 2.51. The van der Waals surface area contributed by atoms with Crippen LogP contribution in [-0.4, -0.2) is 31.1 Å². The summed E-state index contributed by atoms with van der Waals surface area (Å²) in [5, 5.41) is 0. The van der Waals surface area contributed by atoms with Gasteiger partial charge in [0.15, 0.2) is 0 Å². The maximum atomic E-state index is 12.4. The van der Waals surface area contributed by atoms with Crippen molar-refractivity contribution in [1.82, 2.24) is 4.31 Å². The van der Waals surface area contributed by atoms with E-state index in [1.165, 1.54) is 15.6 Å². The van der Waals surface area contributed by atoms with Crippen molar-refractivity contribution in [3.63, 3.8) is 0 Å². The SMILES string of the molecule is Cc1cc(S(=O)(=O)N(C)CC2CC(Br)C2)sc1Br. The lowest BCUT2D eigenvalue weighted by atomic mass is 9.85. The van der Waals surface area contributed by atoms with Gasteiger partial charge in [-0.2, -0.15) is 4.31 Å². The number of hydrogen-bond acceptors (Lipinski definition) is 3. The second-order valence-electron chi connectivity index (χ2n) is 4.74. The summed E-state index contributed by atoms with van der Waals surface area (Å²) in [5.74, 6) is 0.485. The quantitative estimate of drug-likeness (QED) is 0.703. The standard InChI is InChI=1S/C11H15Br2NO2S2/c1-7-3-10(17-11(7)13)18(15,16)14(2)6-8-4-9(12)5-8/h3,8-9H,4-6H2,1-2H3. The minimum Gasteiger partial charge on any atom is -0.206 e. The fraction of sp³-hybridized carbons (Fsp3) is 0.636. The number of rotatable bonds is 4. The molecule has 1 aliphatic rings. The van der Waals surface area contributed by atoms with E-state index in [0.717, 1.165) is 22.2 Å². The molecule has 0 radical (unpaired) electrons. The molecule has 1 saturated carbocycles. The molecule has 18 heavy (non-hydrogen) atoms. The molecule has 0 saturated heterocycles. The molecular formula is C11H15Br2NO2S2. The highest BCUT2D eigenvalue weighted by atomic mass is 79.9. The fourth-order valence-electron chi connectivity index (χ4n) is 1.98. The summed E-state index contributed by atoms with van der Waals surface area (Å²) in [6, 6.07) is 1.73. The van der Waals surface area contributed by atoms with Gasteiger partial charge < -0.3 is 0 Å². The van der Waals surface area contributed by atoms with Crippen LogP contribution in [-0.2, 0) is 10.0 Å². The van der Waals surface area contributed by atoms with Gasteiger partial charge in [0.1, 0.15) is 4.21 Å². The van der Waals surface area contributed by atoms with Crippen LogP contribution in [0.3, 0.4) is 0 Å². The van der Waals surface area contributed by atoms with E-state index in [1.54, 1.807) is 13.1 Å². The maximum absolute atomic E-state index is 12.4. The molecule has 1 aromatic rings.